The number of aromatic nitrogens is 1. The van der Waals surface area contributed by atoms with Crippen molar-refractivity contribution < 1.29 is 4.74 Å². The van der Waals surface area contributed by atoms with E-state index in [0.717, 1.165) is 34.3 Å². The largest absolute Gasteiger partial charge is 0.489 e. The molecule has 3 atom stereocenters. The molecule has 2 aromatic rings. The summed E-state index contributed by atoms with van der Waals surface area (Å²) < 4.78 is 5.81. The van der Waals surface area contributed by atoms with Crippen molar-refractivity contribution in [2.24, 2.45) is 4.99 Å². The lowest BCUT2D eigenvalue weighted by Crippen LogP contribution is -2.35. The number of halogens is 1. The molecule has 1 fully saturated rings. The molecule has 6 heteroatoms. The van der Waals surface area contributed by atoms with Gasteiger partial charge in [-0.15, -0.1) is 0 Å². The van der Waals surface area contributed by atoms with Gasteiger partial charge in [0.05, 0.1) is 22.9 Å². The van der Waals surface area contributed by atoms with Gasteiger partial charge in [-0.05, 0) is 50.1 Å². The van der Waals surface area contributed by atoms with Crippen molar-refractivity contribution in [2.75, 3.05) is 5.75 Å². The van der Waals surface area contributed by atoms with Gasteiger partial charge in [-0.1, -0.05) is 42.4 Å². The van der Waals surface area contributed by atoms with Crippen LogP contribution in [-0.4, -0.2) is 33.0 Å². The summed E-state index contributed by atoms with van der Waals surface area (Å²) in [6, 6.07) is 12.8. The van der Waals surface area contributed by atoms with Gasteiger partial charge in [-0.25, -0.2) is 0 Å². The van der Waals surface area contributed by atoms with Crippen LogP contribution in [0.4, 0.5) is 0 Å². The first-order valence-corrected chi connectivity index (χ1v) is 10.8. The van der Waals surface area contributed by atoms with E-state index in [1.807, 2.05) is 56.1 Å². The van der Waals surface area contributed by atoms with Gasteiger partial charge >= 0.3 is 0 Å². The minimum absolute atomic E-state index is 0.0176. The predicted molar refractivity (Wildman–Crippen MR) is 113 cm³/mol. The maximum atomic E-state index is 6.56. The third kappa shape index (κ3) is 3.55. The summed E-state index contributed by atoms with van der Waals surface area (Å²) >= 11 is 8.41. The van der Waals surface area contributed by atoms with Crippen molar-refractivity contribution >= 4 is 28.5 Å². The van der Waals surface area contributed by atoms with E-state index in [1.54, 1.807) is 0 Å². The molecule has 0 saturated carbocycles. The number of aliphatic imine (C=N–C) groups is 1. The Labute approximate surface area is 170 Å². The molecule has 27 heavy (non-hydrogen) atoms. The fourth-order valence-corrected chi connectivity index (χ4v) is 5.33. The number of thioether (sulfide) groups is 1. The molecule has 4 nitrogen and oxygen atoms in total. The summed E-state index contributed by atoms with van der Waals surface area (Å²) in [5, 5.41) is 1.77. The number of hydrogen-bond donors (Lipinski definition) is 0. The zero-order valence-corrected chi connectivity index (χ0v) is 17.4. The topological polar surface area (TPSA) is 37.7 Å². The highest BCUT2D eigenvalue weighted by atomic mass is 35.5. The van der Waals surface area contributed by atoms with E-state index in [1.165, 1.54) is 0 Å². The molecule has 3 heterocycles. The number of amidine groups is 1. The number of ether oxygens (including phenoxy) is 1. The van der Waals surface area contributed by atoms with Crippen LogP contribution in [0.15, 0.2) is 47.6 Å². The van der Waals surface area contributed by atoms with Crippen molar-refractivity contribution in [3.05, 3.63) is 58.9 Å². The number of benzene rings is 1. The molecular weight excluding hydrogens is 378 g/mol. The van der Waals surface area contributed by atoms with Crippen LogP contribution in [0.2, 0.25) is 5.02 Å². The summed E-state index contributed by atoms with van der Waals surface area (Å²) in [5.41, 5.74) is 2.16. The predicted octanol–water partition coefficient (Wildman–Crippen LogP) is 5.50. The van der Waals surface area contributed by atoms with Crippen molar-refractivity contribution in [1.29, 1.82) is 0 Å². The normalized spacial score (nSPS) is 24.3. The molecule has 0 radical (unpaired) electrons. The summed E-state index contributed by atoms with van der Waals surface area (Å²) in [4.78, 5) is 12.1. The molecule has 0 spiro atoms. The van der Waals surface area contributed by atoms with Crippen LogP contribution < -0.4 is 4.74 Å². The first-order valence-electron chi connectivity index (χ1n) is 9.44. The molecule has 0 amide bonds. The summed E-state index contributed by atoms with van der Waals surface area (Å²) in [6.07, 6.45) is 3.03. The Hall–Kier alpha value is -1.72. The molecule has 0 aliphatic carbocycles. The van der Waals surface area contributed by atoms with Gasteiger partial charge in [0.25, 0.3) is 0 Å². The lowest BCUT2D eigenvalue weighted by atomic mass is 9.95. The Morgan fingerprint density at radius 2 is 2.15 bits per heavy atom. The number of hydrogen-bond acceptors (Lipinski definition) is 5. The van der Waals surface area contributed by atoms with Crippen molar-refractivity contribution in [3.63, 3.8) is 0 Å². The van der Waals surface area contributed by atoms with E-state index in [4.69, 9.17) is 21.3 Å². The van der Waals surface area contributed by atoms with Gasteiger partial charge in [0.2, 0.25) is 0 Å². The molecule has 0 N–H and O–H groups in total. The summed E-state index contributed by atoms with van der Waals surface area (Å²) in [6.45, 7) is 6.25. The van der Waals surface area contributed by atoms with Gasteiger partial charge in [-0.2, -0.15) is 0 Å². The van der Waals surface area contributed by atoms with Gasteiger partial charge in [0.1, 0.15) is 11.8 Å². The molecule has 2 aliphatic heterocycles. The van der Waals surface area contributed by atoms with Gasteiger partial charge in [0, 0.05) is 18.0 Å². The molecule has 4 rings (SSSR count). The van der Waals surface area contributed by atoms with Crippen LogP contribution in [0.5, 0.6) is 5.75 Å². The standard InChI is InChI=1S/C21H24ClN3OS/c1-4-15-12-27-21-24-19(17-7-5-6-10-23-17)20(25(15)21)14-8-9-18(16(22)11-14)26-13(2)3/h5-11,13,15,19-20H,4,12H2,1-3H3/t15-,19+,20-/m1/s1. The van der Waals surface area contributed by atoms with Crippen LogP contribution in [0.25, 0.3) is 0 Å². The number of fused-ring (bicyclic) bond motifs is 1. The highest BCUT2D eigenvalue weighted by Gasteiger charge is 2.45. The second kappa shape index (κ2) is 7.72. The smallest absolute Gasteiger partial charge is 0.160 e. The first kappa shape index (κ1) is 18.6. The van der Waals surface area contributed by atoms with Gasteiger partial charge < -0.3 is 9.64 Å². The van der Waals surface area contributed by atoms with Gasteiger partial charge in [0.15, 0.2) is 5.17 Å². The summed E-state index contributed by atoms with van der Waals surface area (Å²) in [7, 11) is 0. The molecular formula is C21H24ClN3OS. The van der Waals surface area contributed by atoms with Crippen LogP contribution >= 0.6 is 23.4 Å². The second-order valence-electron chi connectivity index (χ2n) is 7.19. The van der Waals surface area contributed by atoms with Crippen molar-refractivity contribution in [3.8, 4) is 5.75 Å². The monoisotopic (exact) mass is 401 g/mol. The Kier molecular flexibility index (Phi) is 5.33. The van der Waals surface area contributed by atoms with E-state index >= 15 is 0 Å². The highest BCUT2D eigenvalue weighted by Crippen LogP contribution is 2.49. The minimum atomic E-state index is -0.0176. The highest BCUT2D eigenvalue weighted by molar-refractivity contribution is 8.14. The van der Waals surface area contributed by atoms with E-state index in [-0.39, 0.29) is 18.2 Å². The third-order valence-corrected chi connectivity index (χ3v) is 6.41. The Balaban J connectivity index is 1.74. The van der Waals surface area contributed by atoms with Crippen LogP contribution in [0.1, 0.15) is 50.5 Å². The Bertz CT molecular complexity index is 843. The maximum absolute atomic E-state index is 6.56. The molecule has 1 saturated heterocycles. The lowest BCUT2D eigenvalue weighted by Gasteiger charge is -2.32. The van der Waals surface area contributed by atoms with E-state index < -0.39 is 0 Å². The quantitative estimate of drug-likeness (QED) is 0.662. The average Bonchev–Trinajstić information content (AvgIpc) is 3.22. The van der Waals surface area contributed by atoms with Crippen molar-refractivity contribution in [2.45, 2.75) is 51.4 Å². The Morgan fingerprint density at radius 3 is 2.81 bits per heavy atom. The van der Waals surface area contributed by atoms with Crippen molar-refractivity contribution in [1.82, 2.24) is 9.88 Å². The number of rotatable bonds is 5. The van der Waals surface area contributed by atoms with Crippen LogP contribution in [0.3, 0.4) is 0 Å². The first-order chi connectivity index (χ1) is 13.1. The number of nitrogens with zero attached hydrogens (tertiary/aromatic N) is 3. The fourth-order valence-electron chi connectivity index (χ4n) is 3.76. The minimum Gasteiger partial charge on any atom is -0.489 e. The van der Waals surface area contributed by atoms with Gasteiger partial charge in [-0.3, -0.25) is 9.98 Å². The lowest BCUT2D eigenvalue weighted by molar-refractivity contribution is 0.241. The molecule has 142 valence electrons. The molecule has 1 aromatic carbocycles. The maximum Gasteiger partial charge on any atom is 0.160 e. The zero-order chi connectivity index (χ0) is 19.0. The average molecular weight is 402 g/mol. The molecule has 0 unspecified atom stereocenters. The van der Waals surface area contributed by atoms with Crippen LogP contribution in [0, 0.1) is 0 Å². The summed E-state index contributed by atoms with van der Waals surface area (Å²) in [5.74, 6) is 1.81. The van der Waals surface area contributed by atoms with E-state index in [2.05, 4.69) is 28.9 Å². The van der Waals surface area contributed by atoms with Crippen LogP contribution in [-0.2, 0) is 0 Å². The molecule has 1 aromatic heterocycles. The SMILES string of the molecule is CC[C@@H]1CSC2=N[C@@H](c3ccccn3)[C@@H](c3ccc(OC(C)C)c(Cl)c3)N21. The zero-order valence-electron chi connectivity index (χ0n) is 15.8. The third-order valence-electron chi connectivity index (χ3n) is 4.99. The van der Waals surface area contributed by atoms with E-state index in [9.17, 15) is 0 Å². The molecule has 2 aliphatic rings. The molecule has 0 bridgehead atoms. The van der Waals surface area contributed by atoms with E-state index in [0.29, 0.717) is 11.1 Å². The Morgan fingerprint density at radius 1 is 1.30 bits per heavy atom. The fraction of sp³-hybridized carbons (Fsp3) is 0.429. The number of pyridine rings is 1. The second-order valence-corrected chi connectivity index (χ2v) is 8.59.